The molecule has 0 spiro atoms. The van der Waals surface area contributed by atoms with Gasteiger partial charge in [0.05, 0.1) is 11.8 Å². The predicted molar refractivity (Wildman–Crippen MR) is 84.1 cm³/mol. The van der Waals surface area contributed by atoms with Crippen LogP contribution in [0, 0.1) is 12.7 Å². The van der Waals surface area contributed by atoms with E-state index in [9.17, 15) is 14.3 Å². The number of carbonyl (C=O) groups excluding carboxylic acids is 1. The molecule has 0 bridgehead atoms. The first-order valence-electron chi connectivity index (χ1n) is 7.59. The van der Waals surface area contributed by atoms with Crippen molar-refractivity contribution < 1.29 is 14.3 Å². The third-order valence-electron chi connectivity index (χ3n) is 3.86. The molecule has 0 radical (unpaired) electrons. The molecule has 1 aromatic heterocycles. The van der Waals surface area contributed by atoms with Gasteiger partial charge in [-0.3, -0.25) is 5.32 Å². The van der Waals surface area contributed by atoms with E-state index in [-0.39, 0.29) is 11.8 Å². The van der Waals surface area contributed by atoms with Gasteiger partial charge in [-0.25, -0.2) is 13.9 Å². The number of anilines is 1. The second-order valence-corrected chi connectivity index (χ2v) is 5.73. The Hall–Kier alpha value is -2.41. The molecule has 6 nitrogen and oxygen atoms in total. The molecule has 0 aliphatic carbocycles. The number of piperidine rings is 1. The summed E-state index contributed by atoms with van der Waals surface area (Å²) in [5.74, 6) is 0.0575. The van der Waals surface area contributed by atoms with Gasteiger partial charge in [-0.2, -0.15) is 0 Å². The summed E-state index contributed by atoms with van der Waals surface area (Å²) < 4.78 is 14.9. The number of rotatable bonds is 2. The van der Waals surface area contributed by atoms with Crippen LogP contribution in [0.15, 0.2) is 30.3 Å². The molecule has 2 amide bonds. The van der Waals surface area contributed by atoms with Crippen molar-refractivity contribution in [3.63, 3.8) is 0 Å². The monoisotopic (exact) mass is 318 g/mol. The van der Waals surface area contributed by atoms with Gasteiger partial charge in [-0.05, 0) is 38.0 Å². The first-order chi connectivity index (χ1) is 11.0. The summed E-state index contributed by atoms with van der Waals surface area (Å²) in [6.07, 6.45) is 1.03. The van der Waals surface area contributed by atoms with E-state index in [0.717, 1.165) is 18.5 Å². The van der Waals surface area contributed by atoms with Crippen LogP contribution >= 0.6 is 0 Å². The van der Waals surface area contributed by atoms with Crippen molar-refractivity contribution in [2.75, 3.05) is 18.4 Å². The van der Waals surface area contributed by atoms with Crippen LogP contribution in [0.3, 0.4) is 0 Å². The van der Waals surface area contributed by atoms with Crippen LogP contribution in [0.2, 0.25) is 0 Å². The number of halogens is 1. The van der Waals surface area contributed by atoms with Gasteiger partial charge in [0.15, 0.2) is 5.82 Å². The van der Waals surface area contributed by atoms with Gasteiger partial charge in [-0.15, -0.1) is 5.10 Å². The van der Waals surface area contributed by atoms with Crippen molar-refractivity contribution in [1.82, 2.24) is 14.7 Å². The first-order valence-corrected chi connectivity index (χ1v) is 7.59. The number of nitrogens with one attached hydrogen (secondary N) is 1. The van der Waals surface area contributed by atoms with Crippen molar-refractivity contribution in [3.05, 3.63) is 41.8 Å². The number of aliphatic hydroxyl groups is 1. The molecule has 1 aliphatic heterocycles. The number of nitrogens with zero attached hydrogens (tertiary/aromatic N) is 3. The summed E-state index contributed by atoms with van der Waals surface area (Å²) in [4.78, 5) is 13.8. The Bertz CT molecular complexity index is 716. The van der Waals surface area contributed by atoms with Crippen LogP contribution in [-0.4, -0.2) is 45.0 Å². The number of aryl methyl sites for hydroxylation is 1. The zero-order valence-corrected chi connectivity index (χ0v) is 12.9. The number of hydrogen-bond acceptors (Lipinski definition) is 3. The lowest BCUT2D eigenvalue weighted by atomic mass is 10.1. The van der Waals surface area contributed by atoms with E-state index >= 15 is 0 Å². The third kappa shape index (κ3) is 3.50. The van der Waals surface area contributed by atoms with Crippen LogP contribution in [-0.2, 0) is 0 Å². The molecular weight excluding hydrogens is 299 g/mol. The molecule has 7 heteroatoms. The summed E-state index contributed by atoms with van der Waals surface area (Å²) in [5.41, 5.74) is 1.38. The molecule has 0 saturated carbocycles. The molecule has 1 unspecified atom stereocenters. The van der Waals surface area contributed by atoms with Gasteiger partial charge in [0.25, 0.3) is 0 Å². The highest BCUT2D eigenvalue weighted by Crippen LogP contribution is 2.17. The van der Waals surface area contributed by atoms with E-state index in [4.69, 9.17) is 0 Å². The number of aromatic nitrogens is 2. The maximum absolute atomic E-state index is 13.3. The molecule has 23 heavy (non-hydrogen) atoms. The fourth-order valence-electron chi connectivity index (χ4n) is 2.73. The molecule has 2 aromatic rings. The minimum absolute atomic E-state index is 0.285. The number of β-amino-alcohol motifs (C(OH)–C–C–N with tert-alkyl or cyclic N) is 1. The Morgan fingerprint density at radius 3 is 3.00 bits per heavy atom. The zero-order valence-electron chi connectivity index (χ0n) is 12.9. The highest BCUT2D eigenvalue weighted by atomic mass is 19.1. The standard InChI is InChI=1S/C16H19FN4O2/c1-11-8-15(18-16(23)20-7-3-6-14(22)10-20)19-21(11)13-5-2-4-12(17)9-13/h2,4-5,8-9,14,22H,3,6-7,10H2,1H3,(H,18,19,23). The second kappa shape index (κ2) is 6.37. The van der Waals surface area contributed by atoms with Crippen molar-refractivity contribution in [3.8, 4) is 5.69 Å². The number of carbonyl (C=O) groups is 1. The lowest BCUT2D eigenvalue weighted by molar-refractivity contribution is 0.0883. The van der Waals surface area contributed by atoms with E-state index in [1.165, 1.54) is 12.1 Å². The quantitative estimate of drug-likeness (QED) is 0.892. The molecule has 1 fully saturated rings. The van der Waals surface area contributed by atoms with Gasteiger partial charge >= 0.3 is 6.03 Å². The highest BCUT2D eigenvalue weighted by molar-refractivity contribution is 5.88. The smallest absolute Gasteiger partial charge is 0.323 e. The molecule has 2 N–H and O–H groups in total. The van der Waals surface area contributed by atoms with Gasteiger partial charge in [0.1, 0.15) is 5.82 Å². The highest BCUT2D eigenvalue weighted by Gasteiger charge is 2.22. The van der Waals surface area contributed by atoms with Crippen LogP contribution in [0.5, 0.6) is 0 Å². The minimum Gasteiger partial charge on any atom is -0.391 e. The van der Waals surface area contributed by atoms with Crippen LogP contribution in [0.1, 0.15) is 18.5 Å². The summed E-state index contributed by atoms with van der Waals surface area (Å²) in [5, 5.41) is 16.7. The lowest BCUT2D eigenvalue weighted by Gasteiger charge is -2.29. The van der Waals surface area contributed by atoms with Crippen molar-refractivity contribution in [2.45, 2.75) is 25.9 Å². The first kappa shape index (κ1) is 15.5. The molecule has 1 aromatic carbocycles. The fourth-order valence-corrected chi connectivity index (χ4v) is 2.73. The number of hydrogen-bond donors (Lipinski definition) is 2. The molecule has 122 valence electrons. The summed E-state index contributed by atoms with van der Waals surface area (Å²) in [6.45, 7) is 2.78. The van der Waals surface area contributed by atoms with Gasteiger partial charge in [-0.1, -0.05) is 6.07 Å². The summed E-state index contributed by atoms with van der Waals surface area (Å²) in [6, 6.07) is 7.55. The van der Waals surface area contributed by atoms with E-state index in [2.05, 4.69) is 10.4 Å². The van der Waals surface area contributed by atoms with E-state index in [0.29, 0.717) is 24.6 Å². The van der Waals surface area contributed by atoms with E-state index in [1.54, 1.807) is 27.8 Å². The Labute approximate surface area is 133 Å². The van der Waals surface area contributed by atoms with E-state index < -0.39 is 6.10 Å². The molecule has 3 rings (SSSR count). The predicted octanol–water partition coefficient (Wildman–Crippen LogP) is 2.31. The number of amides is 2. The minimum atomic E-state index is -0.471. The van der Waals surface area contributed by atoms with Gasteiger partial charge in [0, 0.05) is 24.8 Å². The Morgan fingerprint density at radius 2 is 2.26 bits per heavy atom. The van der Waals surface area contributed by atoms with Crippen molar-refractivity contribution in [2.24, 2.45) is 0 Å². The SMILES string of the molecule is Cc1cc(NC(=O)N2CCCC(O)C2)nn1-c1cccc(F)c1. The largest absolute Gasteiger partial charge is 0.391 e. The Kier molecular flexibility index (Phi) is 4.29. The normalized spacial score (nSPS) is 18.0. The van der Waals surface area contributed by atoms with Gasteiger partial charge in [0.2, 0.25) is 0 Å². The third-order valence-corrected chi connectivity index (χ3v) is 3.86. The maximum atomic E-state index is 13.3. The van der Waals surface area contributed by atoms with Gasteiger partial charge < -0.3 is 10.0 Å². The summed E-state index contributed by atoms with van der Waals surface area (Å²) in [7, 11) is 0. The van der Waals surface area contributed by atoms with Crippen molar-refractivity contribution in [1.29, 1.82) is 0 Å². The fraction of sp³-hybridized carbons (Fsp3) is 0.375. The number of aliphatic hydroxyl groups excluding tert-OH is 1. The molecular formula is C16H19FN4O2. The van der Waals surface area contributed by atoms with Crippen molar-refractivity contribution >= 4 is 11.8 Å². The Morgan fingerprint density at radius 1 is 1.43 bits per heavy atom. The zero-order chi connectivity index (χ0) is 16.4. The molecule has 1 atom stereocenters. The molecule has 1 aliphatic rings. The second-order valence-electron chi connectivity index (χ2n) is 5.73. The maximum Gasteiger partial charge on any atom is 0.323 e. The number of urea groups is 1. The summed E-state index contributed by atoms with van der Waals surface area (Å²) >= 11 is 0. The molecule has 1 saturated heterocycles. The lowest BCUT2D eigenvalue weighted by Crippen LogP contribution is -2.44. The number of benzene rings is 1. The van der Waals surface area contributed by atoms with Crippen LogP contribution < -0.4 is 5.32 Å². The van der Waals surface area contributed by atoms with Crippen LogP contribution in [0.4, 0.5) is 15.0 Å². The average molecular weight is 318 g/mol. The topological polar surface area (TPSA) is 70.4 Å². The number of likely N-dealkylation sites (tertiary alicyclic amines) is 1. The average Bonchev–Trinajstić information content (AvgIpc) is 2.88. The Balaban J connectivity index is 1.74. The van der Waals surface area contributed by atoms with E-state index in [1.807, 2.05) is 6.92 Å². The molecule has 2 heterocycles. The van der Waals surface area contributed by atoms with Crippen LogP contribution in [0.25, 0.3) is 5.69 Å².